The largest absolute Gasteiger partial charge is 0.406 e. The number of nitrogens with zero attached hydrogens (tertiary/aromatic N) is 1. The van der Waals surface area contributed by atoms with Gasteiger partial charge in [0.15, 0.2) is 0 Å². The highest BCUT2D eigenvalue weighted by Gasteiger charge is 2.38. The average Bonchev–Trinajstić information content (AvgIpc) is 2.73. The third kappa shape index (κ3) is 8.96. The molecular formula is C22H33F6NO. The molecule has 0 saturated heterocycles. The third-order valence-electron chi connectivity index (χ3n) is 4.77. The number of benzene rings is 1. The summed E-state index contributed by atoms with van der Waals surface area (Å²) in [6.07, 6.45) is -5.50. The standard InChI is InChI=1S/C18H21F6NO.2C2H6/c1-12(18(22,23)24)13-7-9-14(10-8-13)16(26)25(11-17(19,20)21)15-5-3-2-4-6-15;2*1-2/h7-10,12,15H,2-6,11H2,1H3;2*1-2H3. The number of hydrogen-bond donors (Lipinski definition) is 0. The van der Waals surface area contributed by atoms with Crippen LogP contribution in [-0.4, -0.2) is 35.7 Å². The maximum atomic E-state index is 12.9. The van der Waals surface area contributed by atoms with Gasteiger partial charge in [-0.3, -0.25) is 4.79 Å². The van der Waals surface area contributed by atoms with Gasteiger partial charge in [0.2, 0.25) is 0 Å². The van der Waals surface area contributed by atoms with E-state index in [2.05, 4.69) is 0 Å². The van der Waals surface area contributed by atoms with Gasteiger partial charge in [-0.2, -0.15) is 26.3 Å². The van der Waals surface area contributed by atoms with E-state index < -0.39 is 36.8 Å². The zero-order chi connectivity index (χ0) is 23.5. The van der Waals surface area contributed by atoms with E-state index in [9.17, 15) is 31.1 Å². The van der Waals surface area contributed by atoms with Crippen LogP contribution in [0.5, 0.6) is 0 Å². The Hall–Kier alpha value is -1.73. The van der Waals surface area contributed by atoms with Gasteiger partial charge in [0.1, 0.15) is 6.54 Å². The van der Waals surface area contributed by atoms with E-state index in [0.717, 1.165) is 43.2 Å². The predicted octanol–water partition coefficient (Wildman–Crippen LogP) is 7.74. The minimum absolute atomic E-state index is 0.0297. The van der Waals surface area contributed by atoms with Crippen LogP contribution in [0.3, 0.4) is 0 Å². The summed E-state index contributed by atoms with van der Waals surface area (Å²) in [4.78, 5) is 13.4. The molecule has 174 valence electrons. The first-order valence-electron chi connectivity index (χ1n) is 10.5. The number of carbonyl (C=O) groups excluding carboxylic acids is 1. The van der Waals surface area contributed by atoms with Crippen LogP contribution in [-0.2, 0) is 0 Å². The van der Waals surface area contributed by atoms with Gasteiger partial charge in [0, 0.05) is 11.6 Å². The Morgan fingerprint density at radius 3 is 1.80 bits per heavy atom. The number of carbonyl (C=O) groups is 1. The molecule has 1 saturated carbocycles. The molecule has 1 aliphatic carbocycles. The van der Waals surface area contributed by atoms with Crippen LogP contribution in [0.1, 0.15) is 88.6 Å². The molecule has 0 aliphatic heterocycles. The fourth-order valence-electron chi connectivity index (χ4n) is 3.22. The highest BCUT2D eigenvalue weighted by atomic mass is 19.4. The smallest absolute Gasteiger partial charge is 0.327 e. The van der Waals surface area contributed by atoms with E-state index in [1.54, 1.807) is 0 Å². The Labute approximate surface area is 175 Å². The summed E-state index contributed by atoms with van der Waals surface area (Å²) < 4.78 is 77.0. The zero-order valence-corrected chi connectivity index (χ0v) is 18.3. The van der Waals surface area contributed by atoms with Gasteiger partial charge in [-0.25, -0.2) is 0 Å². The van der Waals surface area contributed by atoms with Crippen molar-refractivity contribution in [1.82, 2.24) is 4.90 Å². The Kier molecular flexibility index (Phi) is 12.1. The Morgan fingerprint density at radius 1 is 0.933 bits per heavy atom. The van der Waals surface area contributed by atoms with E-state index in [1.807, 2.05) is 27.7 Å². The fourth-order valence-corrected chi connectivity index (χ4v) is 3.22. The number of rotatable bonds is 4. The normalized spacial score (nSPS) is 15.8. The first-order chi connectivity index (χ1) is 14.0. The van der Waals surface area contributed by atoms with Crippen molar-refractivity contribution in [3.63, 3.8) is 0 Å². The third-order valence-corrected chi connectivity index (χ3v) is 4.77. The van der Waals surface area contributed by atoms with E-state index in [0.29, 0.717) is 12.8 Å². The van der Waals surface area contributed by atoms with Gasteiger partial charge < -0.3 is 4.90 Å². The van der Waals surface area contributed by atoms with Crippen molar-refractivity contribution in [2.75, 3.05) is 6.54 Å². The summed E-state index contributed by atoms with van der Waals surface area (Å²) in [5, 5.41) is 0. The maximum Gasteiger partial charge on any atom is 0.406 e. The van der Waals surface area contributed by atoms with Crippen molar-refractivity contribution in [1.29, 1.82) is 0 Å². The molecule has 30 heavy (non-hydrogen) atoms. The van der Waals surface area contributed by atoms with Crippen LogP contribution >= 0.6 is 0 Å². The number of halogens is 6. The summed E-state index contributed by atoms with van der Waals surface area (Å²) in [5.74, 6) is -2.50. The van der Waals surface area contributed by atoms with E-state index in [4.69, 9.17) is 0 Å². The van der Waals surface area contributed by atoms with Gasteiger partial charge >= 0.3 is 12.4 Å². The molecule has 0 radical (unpaired) electrons. The van der Waals surface area contributed by atoms with Crippen LogP contribution in [0.15, 0.2) is 24.3 Å². The lowest BCUT2D eigenvalue weighted by molar-refractivity contribution is -0.146. The molecule has 1 aromatic carbocycles. The number of alkyl halides is 6. The van der Waals surface area contributed by atoms with Gasteiger partial charge in [-0.05, 0) is 37.5 Å². The summed E-state index contributed by atoms with van der Waals surface area (Å²) in [7, 11) is 0. The van der Waals surface area contributed by atoms with Crippen molar-refractivity contribution in [3.05, 3.63) is 35.4 Å². The second-order valence-corrected chi connectivity index (χ2v) is 6.73. The molecular weight excluding hydrogens is 408 g/mol. The molecule has 1 amide bonds. The van der Waals surface area contributed by atoms with Crippen LogP contribution in [0.4, 0.5) is 26.3 Å². The van der Waals surface area contributed by atoms with Crippen LogP contribution in [0.25, 0.3) is 0 Å². The molecule has 1 fully saturated rings. The van der Waals surface area contributed by atoms with Crippen LogP contribution in [0.2, 0.25) is 0 Å². The van der Waals surface area contributed by atoms with Crippen molar-refractivity contribution >= 4 is 5.91 Å². The summed E-state index contributed by atoms with van der Waals surface area (Å²) in [6, 6.07) is 4.15. The molecule has 0 N–H and O–H groups in total. The lowest BCUT2D eigenvalue weighted by Crippen LogP contribution is -2.46. The van der Waals surface area contributed by atoms with Crippen molar-refractivity contribution < 1.29 is 31.1 Å². The molecule has 8 heteroatoms. The quantitative estimate of drug-likeness (QED) is 0.438. The molecule has 1 aliphatic rings. The topological polar surface area (TPSA) is 20.3 Å². The molecule has 1 atom stereocenters. The van der Waals surface area contributed by atoms with Gasteiger partial charge in [-0.15, -0.1) is 0 Å². The van der Waals surface area contributed by atoms with Crippen molar-refractivity contribution in [3.8, 4) is 0 Å². The maximum absolute atomic E-state index is 12.9. The van der Waals surface area contributed by atoms with Crippen LogP contribution < -0.4 is 0 Å². The molecule has 2 rings (SSSR count). The van der Waals surface area contributed by atoms with E-state index >= 15 is 0 Å². The second-order valence-electron chi connectivity index (χ2n) is 6.73. The predicted molar refractivity (Wildman–Crippen MR) is 108 cm³/mol. The fraction of sp³-hybridized carbons (Fsp3) is 0.682. The number of amides is 1. The van der Waals surface area contributed by atoms with E-state index in [-0.39, 0.29) is 11.1 Å². The van der Waals surface area contributed by atoms with Gasteiger partial charge in [0.25, 0.3) is 5.91 Å². The first-order valence-corrected chi connectivity index (χ1v) is 10.5. The Morgan fingerprint density at radius 2 is 1.40 bits per heavy atom. The summed E-state index contributed by atoms with van der Waals surface area (Å²) in [5.41, 5.74) is -0.0629. The lowest BCUT2D eigenvalue weighted by atomic mass is 9.93. The minimum Gasteiger partial charge on any atom is -0.327 e. The average molecular weight is 442 g/mol. The zero-order valence-electron chi connectivity index (χ0n) is 18.3. The van der Waals surface area contributed by atoms with Gasteiger partial charge in [0.05, 0.1) is 5.92 Å². The highest BCUT2D eigenvalue weighted by Crippen LogP contribution is 2.34. The first kappa shape index (κ1) is 28.3. The number of hydrogen-bond acceptors (Lipinski definition) is 1. The second kappa shape index (κ2) is 12.8. The molecule has 2 nitrogen and oxygen atoms in total. The monoisotopic (exact) mass is 441 g/mol. The molecule has 0 spiro atoms. The Bertz CT molecular complexity index is 604. The molecule has 1 unspecified atom stereocenters. The SMILES string of the molecule is CC.CC.CC(c1ccc(C(=O)N(CC(F)(F)F)C2CCCCC2)cc1)C(F)(F)F. The summed E-state index contributed by atoms with van der Waals surface area (Å²) in [6.45, 7) is 7.64. The van der Waals surface area contributed by atoms with E-state index in [1.165, 1.54) is 12.1 Å². The minimum atomic E-state index is -4.53. The van der Waals surface area contributed by atoms with Gasteiger partial charge in [-0.1, -0.05) is 59.1 Å². The summed E-state index contributed by atoms with van der Waals surface area (Å²) >= 11 is 0. The van der Waals surface area contributed by atoms with Crippen molar-refractivity contribution in [2.45, 2.75) is 91.0 Å². The van der Waals surface area contributed by atoms with Crippen LogP contribution in [0, 0.1) is 0 Å². The molecule has 1 aromatic rings. The lowest BCUT2D eigenvalue weighted by Gasteiger charge is -2.35. The highest BCUT2D eigenvalue weighted by molar-refractivity contribution is 5.94. The molecule has 0 aromatic heterocycles. The Balaban J connectivity index is 0.00000198. The molecule has 0 bridgehead atoms. The molecule has 0 heterocycles. The van der Waals surface area contributed by atoms with Crippen molar-refractivity contribution in [2.24, 2.45) is 0 Å².